The predicted octanol–water partition coefficient (Wildman–Crippen LogP) is 4.44. The highest BCUT2D eigenvalue weighted by atomic mass is 35.5. The van der Waals surface area contributed by atoms with Crippen molar-refractivity contribution in [2.75, 3.05) is 10.6 Å². The van der Waals surface area contributed by atoms with Crippen LogP contribution in [-0.2, 0) is 6.54 Å². The van der Waals surface area contributed by atoms with Gasteiger partial charge in [0.15, 0.2) is 5.82 Å². The average Bonchev–Trinajstić information content (AvgIpc) is 2.62. The lowest BCUT2D eigenvalue weighted by atomic mass is 10.1. The van der Waals surface area contributed by atoms with Crippen molar-refractivity contribution in [3.8, 4) is 0 Å². The minimum Gasteiger partial charge on any atom is -0.365 e. The van der Waals surface area contributed by atoms with Gasteiger partial charge in [-0.2, -0.15) is 0 Å². The molecule has 0 aliphatic heterocycles. The topological polar surface area (TPSA) is 66.9 Å². The number of nitrogens with one attached hydrogen (secondary N) is 2. The third kappa shape index (κ3) is 4.34. The second-order valence-electron chi connectivity index (χ2n) is 5.69. The van der Waals surface area contributed by atoms with Gasteiger partial charge in [0, 0.05) is 6.54 Å². The van der Waals surface area contributed by atoms with Crippen molar-refractivity contribution < 1.29 is 9.18 Å². The first-order chi connectivity index (χ1) is 12.5. The number of anilines is 2. The zero-order valence-corrected chi connectivity index (χ0v) is 14.7. The van der Waals surface area contributed by atoms with Gasteiger partial charge in [0.05, 0.1) is 10.6 Å². The summed E-state index contributed by atoms with van der Waals surface area (Å²) in [6.45, 7) is 2.63. The van der Waals surface area contributed by atoms with Gasteiger partial charge >= 0.3 is 0 Å². The standard InChI is InChI=1S/C19H16ClFN4O/c1-12-5-7-13(8-6-12)11-22-16-9-10-17(25-24-16)23-19(26)18-14(20)3-2-4-15(18)21/h2-10H,11H2,1H3,(H,22,24)(H,23,25,26). The van der Waals surface area contributed by atoms with Gasteiger partial charge in [-0.05, 0) is 36.8 Å². The van der Waals surface area contributed by atoms with Gasteiger partial charge < -0.3 is 10.6 Å². The number of benzene rings is 2. The molecule has 0 atom stereocenters. The zero-order valence-electron chi connectivity index (χ0n) is 14.0. The second kappa shape index (κ2) is 7.93. The van der Waals surface area contributed by atoms with Crippen molar-refractivity contribution in [2.45, 2.75) is 13.5 Å². The lowest BCUT2D eigenvalue weighted by Crippen LogP contribution is -2.16. The Kier molecular flexibility index (Phi) is 5.43. The van der Waals surface area contributed by atoms with Crippen molar-refractivity contribution in [2.24, 2.45) is 0 Å². The molecule has 0 aliphatic carbocycles. The van der Waals surface area contributed by atoms with Gasteiger partial charge in [-0.25, -0.2) is 4.39 Å². The zero-order chi connectivity index (χ0) is 18.5. The minimum atomic E-state index is -0.695. The Labute approximate surface area is 155 Å². The average molecular weight is 371 g/mol. The molecule has 26 heavy (non-hydrogen) atoms. The molecule has 1 amide bonds. The minimum absolute atomic E-state index is 0.0341. The van der Waals surface area contributed by atoms with Gasteiger partial charge in [0.25, 0.3) is 5.91 Å². The summed E-state index contributed by atoms with van der Waals surface area (Å²) < 4.78 is 13.8. The van der Waals surface area contributed by atoms with Crippen LogP contribution in [0.2, 0.25) is 5.02 Å². The molecule has 0 saturated heterocycles. The molecular weight excluding hydrogens is 355 g/mol. The van der Waals surface area contributed by atoms with E-state index in [-0.39, 0.29) is 16.4 Å². The van der Waals surface area contributed by atoms with E-state index < -0.39 is 11.7 Å². The number of aryl methyl sites for hydroxylation is 1. The number of carbonyl (C=O) groups excluding carboxylic acids is 1. The molecule has 1 heterocycles. The molecule has 2 N–H and O–H groups in total. The molecular formula is C19H16ClFN4O. The fourth-order valence-electron chi connectivity index (χ4n) is 2.29. The molecule has 132 valence electrons. The number of hydrogen-bond donors (Lipinski definition) is 2. The van der Waals surface area contributed by atoms with Crippen LogP contribution in [0.15, 0.2) is 54.6 Å². The fourth-order valence-corrected chi connectivity index (χ4v) is 2.53. The summed E-state index contributed by atoms with van der Waals surface area (Å²) in [5.41, 5.74) is 2.09. The molecule has 0 unspecified atom stereocenters. The molecule has 1 aromatic heterocycles. The maximum absolute atomic E-state index is 13.8. The van der Waals surface area contributed by atoms with Crippen LogP contribution < -0.4 is 10.6 Å². The molecule has 0 spiro atoms. The number of hydrogen-bond acceptors (Lipinski definition) is 4. The van der Waals surface area contributed by atoms with Crippen LogP contribution in [0.3, 0.4) is 0 Å². The van der Waals surface area contributed by atoms with Crippen molar-refractivity contribution in [3.63, 3.8) is 0 Å². The van der Waals surface area contributed by atoms with Crippen LogP contribution in [0.25, 0.3) is 0 Å². The van der Waals surface area contributed by atoms with E-state index in [1.54, 1.807) is 12.1 Å². The molecule has 3 rings (SSSR count). The molecule has 7 heteroatoms. The third-order valence-corrected chi connectivity index (χ3v) is 4.01. The fraction of sp³-hybridized carbons (Fsp3) is 0.105. The van der Waals surface area contributed by atoms with E-state index in [4.69, 9.17) is 11.6 Å². The summed E-state index contributed by atoms with van der Waals surface area (Å²) in [5, 5.41) is 13.6. The van der Waals surface area contributed by atoms with Crippen LogP contribution in [0.5, 0.6) is 0 Å². The van der Waals surface area contributed by atoms with E-state index in [0.29, 0.717) is 12.4 Å². The molecule has 5 nitrogen and oxygen atoms in total. The lowest BCUT2D eigenvalue weighted by molar-refractivity contribution is 0.102. The first-order valence-electron chi connectivity index (χ1n) is 7.91. The summed E-state index contributed by atoms with van der Waals surface area (Å²) in [7, 11) is 0. The summed E-state index contributed by atoms with van der Waals surface area (Å²) in [4.78, 5) is 12.2. The number of amides is 1. The number of carbonyl (C=O) groups is 1. The van der Waals surface area contributed by atoms with Crippen LogP contribution in [0, 0.1) is 12.7 Å². The van der Waals surface area contributed by atoms with E-state index in [1.807, 2.05) is 31.2 Å². The van der Waals surface area contributed by atoms with Crippen molar-refractivity contribution in [1.29, 1.82) is 0 Å². The molecule has 2 aromatic carbocycles. The van der Waals surface area contributed by atoms with E-state index in [1.165, 1.54) is 23.8 Å². The Bertz CT molecular complexity index is 894. The summed E-state index contributed by atoms with van der Waals surface area (Å²) >= 11 is 5.88. The second-order valence-corrected chi connectivity index (χ2v) is 6.10. The Morgan fingerprint density at radius 3 is 2.38 bits per heavy atom. The van der Waals surface area contributed by atoms with Crippen LogP contribution in [0.4, 0.5) is 16.0 Å². The quantitative estimate of drug-likeness (QED) is 0.696. The highest BCUT2D eigenvalue weighted by molar-refractivity contribution is 6.34. The lowest BCUT2D eigenvalue weighted by Gasteiger charge is -2.08. The predicted molar refractivity (Wildman–Crippen MR) is 99.9 cm³/mol. The van der Waals surface area contributed by atoms with Crippen molar-refractivity contribution in [1.82, 2.24) is 10.2 Å². The number of halogens is 2. The summed E-state index contributed by atoms with van der Waals surface area (Å²) in [6, 6.07) is 15.4. The van der Waals surface area contributed by atoms with Gasteiger partial charge in [0.2, 0.25) is 0 Å². The van der Waals surface area contributed by atoms with E-state index in [9.17, 15) is 9.18 Å². The Morgan fingerprint density at radius 2 is 1.73 bits per heavy atom. The van der Waals surface area contributed by atoms with Crippen LogP contribution >= 0.6 is 11.6 Å². The van der Waals surface area contributed by atoms with Crippen molar-refractivity contribution >= 4 is 29.1 Å². The SMILES string of the molecule is Cc1ccc(CNc2ccc(NC(=O)c3c(F)cccc3Cl)nn2)cc1. The third-order valence-electron chi connectivity index (χ3n) is 3.69. The molecule has 0 saturated carbocycles. The highest BCUT2D eigenvalue weighted by Gasteiger charge is 2.16. The monoisotopic (exact) mass is 370 g/mol. The van der Waals surface area contributed by atoms with Gasteiger partial charge in [-0.3, -0.25) is 4.79 Å². The highest BCUT2D eigenvalue weighted by Crippen LogP contribution is 2.20. The molecule has 0 bridgehead atoms. The number of rotatable bonds is 5. The first-order valence-corrected chi connectivity index (χ1v) is 8.29. The largest absolute Gasteiger partial charge is 0.365 e. The molecule has 0 aliphatic rings. The molecule has 0 radical (unpaired) electrons. The molecule has 0 fully saturated rings. The maximum atomic E-state index is 13.8. The van der Waals surface area contributed by atoms with Gasteiger partial charge in [-0.15, -0.1) is 10.2 Å². The smallest absolute Gasteiger partial charge is 0.261 e. The first kappa shape index (κ1) is 17.8. The maximum Gasteiger partial charge on any atom is 0.261 e. The van der Waals surface area contributed by atoms with E-state index >= 15 is 0 Å². The van der Waals surface area contributed by atoms with E-state index in [0.717, 1.165) is 5.56 Å². The van der Waals surface area contributed by atoms with Gasteiger partial charge in [0.1, 0.15) is 11.6 Å². The summed E-state index contributed by atoms with van der Waals surface area (Å²) in [5.74, 6) is -0.607. The molecule has 3 aromatic rings. The van der Waals surface area contributed by atoms with Crippen molar-refractivity contribution in [3.05, 3.63) is 82.1 Å². The van der Waals surface area contributed by atoms with E-state index in [2.05, 4.69) is 20.8 Å². The number of aromatic nitrogens is 2. The normalized spacial score (nSPS) is 10.4. The number of nitrogens with zero attached hydrogens (tertiary/aromatic N) is 2. The Morgan fingerprint density at radius 1 is 1.04 bits per heavy atom. The Hall–Kier alpha value is -2.99. The van der Waals surface area contributed by atoms with Crippen LogP contribution in [-0.4, -0.2) is 16.1 Å². The summed E-state index contributed by atoms with van der Waals surface area (Å²) in [6.07, 6.45) is 0. The Balaban J connectivity index is 1.62. The van der Waals surface area contributed by atoms with Gasteiger partial charge in [-0.1, -0.05) is 47.5 Å². The van der Waals surface area contributed by atoms with Crippen LogP contribution in [0.1, 0.15) is 21.5 Å².